The second kappa shape index (κ2) is 5.20. The van der Waals surface area contributed by atoms with Crippen molar-refractivity contribution in [2.24, 2.45) is 5.92 Å². The summed E-state index contributed by atoms with van der Waals surface area (Å²) in [4.78, 5) is 12.2. The topological polar surface area (TPSA) is 26.3 Å². The Labute approximate surface area is 114 Å². The molecule has 2 nitrogen and oxygen atoms in total. The van der Waals surface area contributed by atoms with Gasteiger partial charge in [-0.1, -0.05) is 6.07 Å². The monoisotopic (exact) mass is 284 g/mol. The van der Waals surface area contributed by atoms with Crippen LogP contribution in [0.1, 0.15) is 31.2 Å². The van der Waals surface area contributed by atoms with E-state index in [4.69, 9.17) is 4.74 Å². The molecule has 2 aliphatic rings. The molecule has 108 valence electrons. The predicted molar refractivity (Wildman–Crippen MR) is 65.6 cm³/mol. The molecule has 0 aromatic heterocycles. The van der Waals surface area contributed by atoms with Crippen LogP contribution in [-0.4, -0.2) is 18.0 Å². The van der Waals surface area contributed by atoms with Gasteiger partial charge in [0.15, 0.2) is 17.5 Å². The first-order chi connectivity index (χ1) is 9.54. The Bertz CT molecular complexity index is 532. The zero-order valence-electron chi connectivity index (χ0n) is 10.9. The van der Waals surface area contributed by atoms with E-state index in [1.54, 1.807) is 0 Å². The van der Waals surface area contributed by atoms with Crippen molar-refractivity contribution < 1.29 is 22.7 Å². The number of hydrogen-bond donors (Lipinski definition) is 0. The molecule has 2 atom stereocenters. The molecule has 2 unspecified atom stereocenters. The first-order valence-corrected chi connectivity index (χ1v) is 6.85. The van der Waals surface area contributed by atoms with Crippen LogP contribution in [0.5, 0.6) is 0 Å². The van der Waals surface area contributed by atoms with Gasteiger partial charge in [-0.2, -0.15) is 0 Å². The summed E-state index contributed by atoms with van der Waals surface area (Å²) in [7, 11) is 0. The van der Waals surface area contributed by atoms with Crippen LogP contribution in [0, 0.1) is 23.4 Å². The van der Waals surface area contributed by atoms with Crippen molar-refractivity contribution in [1.29, 1.82) is 0 Å². The SMILES string of the molecule is O=C(Cc1ccc(F)c(F)c1F)C1CC2CCC(C1)O2. The van der Waals surface area contributed by atoms with Crippen molar-refractivity contribution in [1.82, 2.24) is 0 Å². The predicted octanol–water partition coefficient (Wildman–Crippen LogP) is 3.17. The number of carbonyl (C=O) groups excluding carboxylic acids is 1. The van der Waals surface area contributed by atoms with Crippen LogP contribution >= 0.6 is 0 Å². The van der Waals surface area contributed by atoms with Gasteiger partial charge >= 0.3 is 0 Å². The summed E-state index contributed by atoms with van der Waals surface area (Å²) < 4.78 is 45.2. The van der Waals surface area contributed by atoms with Crippen LogP contribution in [0.25, 0.3) is 0 Å². The van der Waals surface area contributed by atoms with Crippen LogP contribution in [0.15, 0.2) is 12.1 Å². The molecule has 5 heteroatoms. The van der Waals surface area contributed by atoms with Gasteiger partial charge in [0.1, 0.15) is 5.78 Å². The molecule has 0 amide bonds. The van der Waals surface area contributed by atoms with Crippen LogP contribution in [0.3, 0.4) is 0 Å². The van der Waals surface area contributed by atoms with Crippen molar-refractivity contribution in [3.8, 4) is 0 Å². The molecule has 3 rings (SSSR count). The summed E-state index contributed by atoms with van der Waals surface area (Å²) in [6.07, 6.45) is 3.30. The third-order valence-electron chi connectivity index (χ3n) is 4.23. The quantitative estimate of drug-likeness (QED) is 0.797. The van der Waals surface area contributed by atoms with Crippen LogP contribution in [0.2, 0.25) is 0 Å². The smallest absolute Gasteiger partial charge is 0.194 e. The molecule has 2 fully saturated rings. The fraction of sp³-hybridized carbons (Fsp3) is 0.533. The van der Waals surface area contributed by atoms with Crippen LogP contribution in [0.4, 0.5) is 13.2 Å². The van der Waals surface area contributed by atoms with Gasteiger partial charge in [0.05, 0.1) is 12.2 Å². The van der Waals surface area contributed by atoms with E-state index >= 15 is 0 Å². The Balaban J connectivity index is 1.72. The van der Waals surface area contributed by atoms with Gasteiger partial charge in [-0.05, 0) is 37.3 Å². The first kappa shape index (κ1) is 13.6. The highest BCUT2D eigenvalue weighted by Crippen LogP contribution is 2.36. The second-order valence-electron chi connectivity index (χ2n) is 5.60. The fourth-order valence-electron chi connectivity index (χ4n) is 3.16. The highest BCUT2D eigenvalue weighted by atomic mass is 19.2. The maximum Gasteiger partial charge on any atom is 0.194 e. The molecular formula is C15H15F3O2. The highest BCUT2D eigenvalue weighted by Gasteiger charge is 2.37. The van der Waals surface area contributed by atoms with Crippen LogP contribution in [-0.2, 0) is 16.0 Å². The Morgan fingerprint density at radius 1 is 1.10 bits per heavy atom. The van der Waals surface area contributed by atoms with Gasteiger partial charge in [-0.25, -0.2) is 13.2 Å². The van der Waals surface area contributed by atoms with E-state index in [1.807, 2.05) is 0 Å². The number of ether oxygens (including phenoxy) is 1. The lowest BCUT2D eigenvalue weighted by molar-refractivity contribution is -0.128. The minimum Gasteiger partial charge on any atom is -0.375 e. The zero-order valence-corrected chi connectivity index (χ0v) is 10.9. The van der Waals surface area contributed by atoms with Gasteiger partial charge < -0.3 is 4.74 Å². The van der Waals surface area contributed by atoms with Gasteiger partial charge in [0, 0.05) is 12.3 Å². The number of fused-ring (bicyclic) bond motifs is 2. The summed E-state index contributed by atoms with van der Waals surface area (Å²) in [6.45, 7) is 0. The molecule has 0 N–H and O–H groups in total. The molecule has 2 saturated heterocycles. The van der Waals surface area contributed by atoms with E-state index in [9.17, 15) is 18.0 Å². The molecule has 1 aromatic carbocycles. The molecule has 1 aromatic rings. The third-order valence-corrected chi connectivity index (χ3v) is 4.23. The molecule has 0 aliphatic carbocycles. The number of carbonyl (C=O) groups is 1. The molecule has 0 saturated carbocycles. The normalized spacial score (nSPS) is 28.6. The number of benzene rings is 1. The summed E-state index contributed by atoms with van der Waals surface area (Å²) in [5.74, 6) is -4.28. The van der Waals surface area contributed by atoms with E-state index in [-0.39, 0.29) is 35.9 Å². The van der Waals surface area contributed by atoms with Crippen molar-refractivity contribution in [3.05, 3.63) is 35.1 Å². The second-order valence-corrected chi connectivity index (χ2v) is 5.60. The lowest BCUT2D eigenvalue weighted by atomic mass is 9.88. The maximum atomic E-state index is 13.6. The number of rotatable bonds is 3. The van der Waals surface area contributed by atoms with Gasteiger partial charge in [0.25, 0.3) is 0 Å². The van der Waals surface area contributed by atoms with Crippen LogP contribution < -0.4 is 0 Å². The molecular weight excluding hydrogens is 269 g/mol. The van der Waals surface area contributed by atoms with E-state index in [0.29, 0.717) is 12.8 Å². The fourth-order valence-corrected chi connectivity index (χ4v) is 3.16. The van der Waals surface area contributed by atoms with Gasteiger partial charge in [-0.3, -0.25) is 4.79 Å². The zero-order chi connectivity index (χ0) is 14.3. The minimum atomic E-state index is -1.51. The van der Waals surface area contributed by atoms with Crippen molar-refractivity contribution in [2.75, 3.05) is 0 Å². The molecule has 0 spiro atoms. The molecule has 20 heavy (non-hydrogen) atoms. The van der Waals surface area contributed by atoms with E-state index < -0.39 is 17.5 Å². The third kappa shape index (κ3) is 2.46. The summed E-state index contributed by atoms with van der Waals surface area (Å²) in [5.41, 5.74) is -0.0762. The molecule has 2 heterocycles. The highest BCUT2D eigenvalue weighted by molar-refractivity contribution is 5.83. The Morgan fingerprint density at radius 3 is 2.40 bits per heavy atom. The van der Waals surface area contributed by atoms with Crippen molar-refractivity contribution in [2.45, 2.75) is 44.3 Å². The maximum absolute atomic E-state index is 13.6. The summed E-state index contributed by atoms with van der Waals surface area (Å²) >= 11 is 0. The van der Waals surface area contributed by atoms with Crippen molar-refractivity contribution in [3.63, 3.8) is 0 Å². The number of halogens is 3. The van der Waals surface area contributed by atoms with E-state index in [0.717, 1.165) is 25.0 Å². The average Bonchev–Trinajstić information content (AvgIpc) is 2.78. The number of ketones is 1. The largest absolute Gasteiger partial charge is 0.375 e. The van der Waals surface area contributed by atoms with Gasteiger partial charge in [-0.15, -0.1) is 0 Å². The Hall–Kier alpha value is -1.36. The minimum absolute atomic E-state index is 0.0762. The standard InChI is InChI=1S/C15H15F3O2/c16-12-4-1-8(14(17)15(12)18)7-13(19)9-5-10-2-3-11(6-9)20-10/h1,4,9-11H,2-3,5-7H2. The van der Waals surface area contributed by atoms with E-state index in [1.165, 1.54) is 0 Å². The molecule has 0 radical (unpaired) electrons. The lowest BCUT2D eigenvalue weighted by Crippen LogP contribution is -2.31. The lowest BCUT2D eigenvalue weighted by Gasteiger charge is -2.27. The Kier molecular flexibility index (Phi) is 3.54. The first-order valence-electron chi connectivity index (χ1n) is 6.85. The summed E-state index contributed by atoms with van der Waals surface area (Å²) in [5, 5.41) is 0. The summed E-state index contributed by atoms with van der Waals surface area (Å²) in [6, 6.07) is 1.99. The Morgan fingerprint density at radius 2 is 1.75 bits per heavy atom. The number of Topliss-reactive ketones (excluding diaryl/α,β-unsaturated/α-hetero) is 1. The molecule has 2 aliphatic heterocycles. The molecule has 2 bridgehead atoms. The van der Waals surface area contributed by atoms with Crippen molar-refractivity contribution >= 4 is 5.78 Å². The number of hydrogen-bond acceptors (Lipinski definition) is 2. The average molecular weight is 284 g/mol. The van der Waals surface area contributed by atoms with E-state index in [2.05, 4.69) is 0 Å². The van der Waals surface area contributed by atoms with Gasteiger partial charge in [0.2, 0.25) is 0 Å².